The second-order valence-electron chi connectivity index (χ2n) is 3.51. The Balaban J connectivity index is 2.83. The quantitative estimate of drug-likeness (QED) is 0.360. The van der Waals surface area contributed by atoms with Crippen LogP contribution in [-0.2, 0) is 0 Å². The lowest BCUT2D eigenvalue weighted by atomic mass is 10.2. The number of nitro groups is 1. The number of benzene rings is 1. The lowest BCUT2D eigenvalue weighted by molar-refractivity contribution is -0.384. The van der Waals surface area contributed by atoms with Crippen LogP contribution in [0.25, 0.3) is 0 Å². The number of nitrogens with one attached hydrogen (secondary N) is 1. The maximum absolute atomic E-state index is 10.7. The molecule has 0 bridgehead atoms. The summed E-state index contributed by atoms with van der Waals surface area (Å²) in [5, 5.41) is 30.9. The van der Waals surface area contributed by atoms with E-state index in [0.717, 1.165) is 0 Å². The van der Waals surface area contributed by atoms with Crippen LogP contribution in [0.2, 0.25) is 0 Å². The number of nitro benzene ring substituents is 1. The molecule has 100 valence electrons. The molecule has 0 saturated carbocycles. The first-order chi connectivity index (χ1) is 8.69. The van der Waals surface area contributed by atoms with Crippen LogP contribution in [0.3, 0.4) is 0 Å². The SMILES string of the molecule is O=[N+]([O-])c1ccc(NCCO)c(OCCCO)c1. The molecular weight excluding hydrogens is 240 g/mol. The van der Waals surface area contributed by atoms with Gasteiger partial charge in [0.25, 0.3) is 5.69 Å². The summed E-state index contributed by atoms with van der Waals surface area (Å²) in [5.41, 5.74) is 0.510. The second kappa shape index (κ2) is 7.46. The molecule has 0 atom stereocenters. The van der Waals surface area contributed by atoms with Crippen LogP contribution in [0.4, 0.5) is 11.4 Å². The van der Waals surface area contributed by atoms with Gasteiger partial charge < -0.3 is 20.3 Å². The summed E-state index contributed by atoms with van der Waals surface area (Å²) in [6.45, 7) is 0.543. The van der Waals surface area contributed by atoms with E-state index in [2.05, 4.69) is 5.32 Å². The van der Waals surface area contributed by atoms with Crippen LogP contribution in [-0.4, -0.2) is 41.5 Å². The van der Waals surface area contributed by atoms with Crippen molar-refractivity contribution in [3.8, 4) is 5.75 Å². The summed E-state index contributed by atoms with van der Waals surface area (Å²) in [7, 11) is 0. The third-order valence-corrected chi connectivity index (χ3v) is 2.16. The van der Waals surface area contributed by atoms with E-state index in [4.69, 9.17) is 14.9 Å². The van der Waals surface area contributed by atoms with Crippen LogP contribution in [0, 0.1) is 10.1 Å². The van der Waals surface area contributed by atoms with Crippen LogP contribution < -0.4 is 10.1 Å². The van der Waals surface area contributed by atoms with Crippen LogP contribution in [0.1, 0.15) is 6.42 Å². The van der Waals surface area contributed by atoms with E-state index >= 15 is 0 Å². The van der Waals surface area contributed by atoms with Gasteiger partial charge in [0.15, 0.2) is 0 Å². The number of hydrogen-bond donors (Lipinski definition) is 3. The number of anilines is 1. The molecule has 0 saturated heterocycles. The fraction of sp³-hybridized carbons (Fsp3) is 0.455. The third kappa shape index (κ3) is 4.19. The van der Waals surface area contributed by atoms with Gasteiger partial charge in [-0.3, -0.25) is 10.1 Å². The molecule has 0 aliphatic heterocycles. The largest absolute Gasteiger partial charge is 0.491 e. The van der Waals surface area contributed by atoms with Crippen molar-refractivity contribution in [3.63, 3.8) is 0 Å². The minimum atomic E-state index is -0.505. The molecule has 1 rings (SSSR count). The summed E-state index contributed by atoms with van der Waals surface area (Å²) < 4.78 is 5.36. The summed E-state index contributed by atoms with van der Waals surface area (Å²) >= 11 is 0. The minimum Gasteiger partial charge on any atom is -0.491 e. The van der Waals surface area contributed by atoms with Crippen LogP contribution >= 0.6 is 0 Å². The van der Waals surface area contributed by atoms with Gasteiger partial charge >= 0.3 is 0 Å². The zero-order chi connectivity index (χ0) is 13.4. The lowest BCUT2D eigenvalue weighted by Crippen LogP contribution is -2.08. The Morgan fingerprint density at radius 3 is 2.72 bits per heavy atom. The van der Waals surface area contributed by atoms with Gasteiger partial charge in [0.1, 0.15) is 5.75 Å². The molecule has 0 amide bonds. The molecule has 18 heavy (non-hydrogen) atoms. The second-order valence-corrected chi connectivity index (χ2v) is 3.51. The average Bonchev–Trinajstić information content (AvgIpc) is 2.37. The van der Waals surface area contributed by atoms with Gasteiger partial charge in [-0.15, -0.1) is 0 Å². The fourth-order valence-electron chi connectivity index (χ4n) is 1.33. The van der Waals surface area contributed by atoms with Crippen molar-refractivity contribution < 1.29 is 19.9 Å². The van der Waals surface area contributed by atoms with Gasteiger partial charge in [0.2, 0.25) is 0 Å². The van der Waals surface area contributed by atoms with Crippen molar-refractivity contribution in [2.75, 3.05) is 31.7 Å². The van der Waals surface area contributed by atoms with E-state index in [1.165, 1.54) is 18.2 Å². The average molecular weight is 256 g/mol. The first kappa shape index (κ1) is 14.2. The highest BCUT2D eigenvalue weighted by Crippen LogP contribution is 2.29. The molecule has 0 aliphatic carbocycles. The predicted octanol–water partition coefficient (Wildman–Crippen LogP) is 0.760. The highest BCUT2D eigenvalue weighted by Gasteiger charge is 2.11. The van der Waals surface area contributed by atoms with Gasteiger partial charge in [-0.05, 0) is 6.07 Å². The summed E-state index contributed by atoms with van der Waals surface area (Å²) in [6, 6.07) is 4.21. The first-order valence-electron chi connectivity index (χ1n) is 5.56. The van der Waals surface area contributed by atoms with Crippen molar-refractivity contribution in [2.24, 2.45) is 0 Å². The van der Waals surface area contributed by atoms with E-state index in [1.54, 1.807) is 0 Å². The molecule has 3 N–H and O–H groups in total. The zero-order valence-electron chi connectivity index (χ0n) is 9.83. The highest BCUT2D eigenvalue weighted by molar-refractivity contribution is 5.60. The third-order valence-electron chi connectivity index (χ3n) is 2.16. The normalized spacial score (nSPS) is 10.1. The standard InChI is InChI=1S/C11H16N2O5/c14-5-1-7-18-11-8-9(13(16)17)2-3-10(11)12-4-6-15/h2-3,8,12,14-15H,1,4-7H2. The molecule has 0 aliphatic rings. The molecule has 0 aromatic heterocycles. The summed E-state index contributed by atoms with van der Waals surface area (Å²) in [5.74, 6) is 0.339. The molecule has 7 heteroatoms. The number of nitrogens with zero attached hydrogens (tertiary/aromatic N) is 1. The van der Waals surface area contributed by atoms with Gasteiger partial charge in [0, 0.05) is 25.6 Å². The number of aliphatic hydroxyl groups is 2. The molecular formula is C11H16N2O5. The molecule has 0 radical (unpaired) electrons. The summed E-state index contributed by atoms with van der Waals surface area (Å²) in [6.07, 6.45) is 0.447. The Morgan fingerprint density at radius 2 is 2.11 bits per heavy atom. The lowest BCUT2D eigenvalue weighted by Gasteiger charge is -2.12. The Labute approximate surface area is 104 Å². The van der Waals surface area contributed by atoms with Crippen molar-refractivity contribution in [3.05, 3.63) is 28.3 Å². The van der Waals surface area contributed by atoms with Gasteiger partial charge in [-0.1, -0.05) is 0 Å². The van der Waals surface area contributed by atoms with Crippen molar-refractivity contribution >= 4 is 11.4 Å². The fourth-order valence-corrected chi connectivity index (χ4v) is 1.33. The van der Waals surface area contributed by atoms with E-state index in [1.807, 2.05) is 0 Å². The van der Waals surface area contributed by atoms with E-state index in [9.17, 15) is 10.1 Å². The maximum atomic E-state index is 10.7. The molecule has 1 aromatic rings. The van der Waals surface area contributed by atoms with E-state index < -0.39 is 4.92 Å². The Morgan fingerprint density at radius 1 is 1.33 bits per heavy atom. The maximum Gasteiger partial charge on any atom is 0.273 e. The van der Waals surface area contributed by atoms with Crippen molar-refractivity contribution in [1.29, 1.82) is 0 Å². The molecule has 0 heterocycles. The number of ether oxygens (including phenoxy) is 1. The molecule has 7 nitrogen and oxygen atoms in total. The van der Waals surface area contributed by atoms with E-state index in [0.29, 0.717) is 24.4 Å². The molecule has 1 aromatic carbocycles. The molecule has 0 spiro atoms. The van der Waals surface area contributed by atoms with Gasteiger partial charge in [0.05, 0.1) is 29.9 Å². The van der Waals surface area contributed by atoms with Crippen molar-refractivity contribution in [1.82, 2.24) is 0 Å². The monoisotopic (exact) mass is 256 g/mol. The van der Waals surface area contributed by atoms with Crippen LogP contribution in [0.15, 0.2) is 18.2 Å². The topological polar surface area (TPSA) is 105 Å². The van der Waals surface area contributed by atoms with Crippen LogP contribution in [0.5, 0.6) is 5.75 Å². The summed E-state index contributed by atoms with van der Waals surface area (Å²) in [4.78, 5) is 10.2. The molecule has 0 unspecified atom stereocenters. The van der Waals surface area contributed by atoms with E-state index in [-0.39, 0.29) is 25.5 Å². The predicted molar refractivity (Wildman–Crippen MR) is 65.9 cm³/mol. The van der Waals surface area contributed by atoms with Gasteiger partial charge in [-0.25, -0.2) is 0 Å². The Bertz CT molecular complexity index is 397. The Kier molecular flexibility index (Phi) is 5.89. The number of hydrogen-bond acceptors (Lipinski definition) is 6. The highest BCUT2D eigenvalue weighted by atomic mass is 16.6. The number of non-ortho nitro benzene ring substituents is 1. The van der Waals surface area contributed by atoms with Crippen molar-refractivity contribution in [2.45, 2.75) is 6.42 Å². The van der Waals surface area contributed by atoms with Gasteiger partial charge in [-0.2, -0.15) is 0 Å². The zero-order valence-corrected chi connectivity index (χ0v) is 9.83. The smallest absolute Gasteiger partial charge is 0.273 e. The minimum absolute atomic E-state index is 0.00563. The first-order valence-corrected chi connectivity index (χ1v) is 5.56. The number of aliphatic hydroxyl groups excluding tert-OH is 2. The molecule has 0 fully saturated rings. The Hall–Kier alpha value is -1.86. The number of rotatable bonds is 8.